The average Bonchev–Trinajstić information content (AvgIpc) is 3.11. The minimum atomic E-state index is -4.75. The molecule has 10 heteroatoms. The minimum Gasteiger partial charge on any atom is -0.493 e. The number of fused-ring (bicyclic) bond motifs is 1. The number of ether oxygens (including phenoxy) is 5. The number of hydrogen-bond donors (Lipinski definition) is 0. The summed E-state index contributed by atoms with van der Waals surface area (Å²) in [4.78, 5) is 14.8. The van der Waals surface area contributed by atoms with Crippen LogP contribution in [0.1, 0.15) is 25.1 Å². The second-order valence-electron chi connectivity index (χ2n) is 7.56. The van der Waals surface area contributed by atoms with Crippen LogP contribution in [0.15, 0.2) is 48.5 Å². The van der Waals surface area contributed by atoms with Crippen molar-refractivity contribution in [3.05, 3.63) is 59.7 Å². The van der Waals surface area contributed by atoms with Gasteiger partial charge in [-0.25, -0.2) is 0 Å². The highest BCUT2D eigenvalue weighted by atomic mass is 19.4. The molecule has 0 bridgehead atoms. The number of hydrogen-bond acceptors (Lipinski definition) is 6. The third-order valence-electron chi connectivity index (χ3n) is 5.64. The third kappa shape index (κ3) is 5.07. The number of alkyl halides is 3. The van der Waals surface area contributed by atoms with Gasteiger partial charge in [-0.15, -0.1) is 13.2 Å². The molecule has 2 fully saturated rings. The summed E-state index contributed by atoms with van der Waals surface area (Å²) in [6.45, 7) is -2.96. The van der Waals surface area contributed by atoms with Gasteiger partial charge in [-0.3, -0.25) is 9.53 Å². The minimum absolute atomic E-state index is 0.0998. The van der Waals surface area contributed by atoms with Crippen molar-refractivity contribution in [2.75, 3.05) is 40.2 Å². The van der Waals surface area contributed by atoms with E-state index in [-0.39, 0.29) is 36.1 Å². The number of rotatable bonds is 7. The van der Waals surface area contributed by atoms with Crippen LogP contribution >= 0.6 is 0 Å². The first-order valence-corrected chi connectivity index (χ1v) is 10.3. The van der Waals surface area contributed by atoms with Crippen molar-refractivity contribution in [2.45, 2.75) is 24.5 Å². The Hall–Kier alpha value is -2.82. The van der Waals surface area contributed by atoms with Crippen molar-refractivity contribution in [3.63, 3.8) is 0 Å². The number of amides is 1. The normalized spacial score (nSPS) is 25.1. The Labute approximate surface area is 191 Å². The van der Waals surface area contributed by atoms with Crippen molar-refractivity contribution in [3.8, 4) is 11.5 Å². The summed E-state index contributed by atoms with van der Waals surface area (Å²) < 4.78 is 77.8. The molecule has 2 aromatic carbocycles. The SMILES string of the molecule is [2H]C1([2H])O[C@@H]2CN(C(=O)c3ccc(OCCOC(F)(F)F)c(OC)c3)CC[C@]2(c2ccccc2)O1. The molecule has 7 nitrogen and oxygen atoms in total. The molecule has 0 spiro atoms. The molecule has 0 aromatic heterocycles. The molecule has 178 valence electrons. The van der Waals surface area contributed by atoms with E-state index in [0.29, 0.717) is 13.0 Å². The fraction of sp³-hybridized carbons (Fsp3) is 0.435. The highest BCUT2D eigenvalue weighted by molar-refractivity contribution is 5.95. The second kappa shape index (κ2) is 9.58. The summed E-state index contributed by atoms with van der Waals surface area (Å²) in [5.74, 6) is 0.000506. The zero-order valence-electron chi connectivity index (χ0n) is 19.8. The van der Waals surface area contributed by atoms with E-state index in [0.717, 1.165) is 5.56 Å². The Morgan fingerprint density at radius 1 is 1.21 bits per heavy atom. The van der Waals surface area contributed by atoms with Crippen LogP contribution in [0.3, 0.4) is 0 Å². The van der Waals surface area contributed by atoms with E-state index in [1.165, 1.54) is 25.3 Å². The molecule has 33 heavy (non-hydrogen) atoms. The van der Waals surface area contributed by atoms with Gasteiger partial charge in [-0.2, -0.15) is 0 Å². The quantitative estimate of drug-likeness (QED) is 0.576. The molecule has 0 radical (unpaired) electrons. The van der Waals surface area contributed by atoms with Gasteiger partial charge in [0, 0.05) is 18.5 Å². The molecular formula is C23H24F3NO6. The van der Waals surface area contributed by atoms with Crippen molar-refractivity contribution in [2.24, 2.45) is 0 Å². The first-order valence-electron chi connectivity index (χ1n) is 11.3. The van der Waals surface area contributed by atoms with Crippen LogP contribution in [0, 0.1) is 0 Å². The number of likely N-dealkylation sites (tertiary alicyclic amines) is 1. The van der Waals surface area contributed by atoms with Crippen LogP contribution in [0.2, 0.25) is 0 Å². The van der Waals surface area contributed by atoms with Gasteiger partial charge in [-0.1, -0.05) is 30.3 Å². The Morgan fingerprint density at radius 3 is 2.73 bits per heavy atom. The van der Waals surface area contributed by atoms with Gasteiger partial charge in [-0.05, 0) is 23.8 Å². The van der Waals surface area contributed by atoms with Gasteiger partial charge in [0.1, 0.15) is 25.1 Å². The lowest BCUT2D eigenvalue weighted by Gasteiger charge is -2.42. The van der Waals surface area contributed by atoms with Crippen LogP contribution in [0.4, 0.5) is 13.2 Å². The topological polar surface area (TPSA) is 66.5 Å². The molecule has 2 atom stereocenters. The van der Waals surface area contributed by atoms with Gasteiger partial charge in [0.05, 0.1) is 23.0 Å². The Bertz CT molecular complexity index is 1060. The molecule has 0 N–H and O–H groups in total. The predicted molar refractivity (Wildman–Crippen MR) is 110 cm³/mol. The number of nitrogens with zero attached hydrogens (tertiary/aromatic N) is 1. The summed E-state index contributed by atoms with van der Waals surface area (Å²) in [5.41, 5.74) is 0.0288. The van der Waals surface area contributed by atoms with E-state index >= 15 is 0 Å². The van der Waals surface area contributed by atoms with Crippen molar-refractivity contribution >= 4 is 5.91 Å². The number of piperidine rings is 1. The summed E-state index contributed by atoms with van der Waals surface area (Å²) in [6.07, 6.45) is -5.15. The summed E-state index contributed by atoms with van der Waals surface area (Å²) in [5, 5.41) is 0. The van der Waals surface area contributed by atoms with Gasteiger partial charge < -0.3 is 23.8 Å². The summed E-state index contributed by atoms with van der Waals surface area (Å²) in [7, 11) is 1.35. The molecule has 2 aliphatic heterocycles. The monoisotopic (exact) mass is 469 g/mol. The zero-order chi connectivity index (χ0) is 25.3. The van der Waals surface area contributed by atoms with Gasteiger partial charge in [0.2, 0.25) is 0 Å². The lowest BCUT2D eigenvalue weighted by molar-refractivity contribution is -0.325. The number of methoxy groups -OCH3 is 1. The molecule has 4 rings (SSSR count). The van der Waals surface area contributed by atoms with Crippen LogP contribution in [-0.2, 0) is 19.8 Å². The Morgan fingerprint density at radius 2 is 2.00 bits per heavy atom. The smallest absolute Gasteiger partial charge is 0.493 e. The standard InChI is InChI=1S/C23H24F3NO6/c1-29-19-13-16(7-8-18(19)30-11-12-32-23(24,25)26)21(28)27-10-9-22(17-5-3-2-4-6-17)20(14-27)31-15-33-22/h2-8,13,20H,9-12,14-15H2,1H3/t20-,22-/m1/s1/i15D2. The molecule has 2 aliphatic rings. The Balaban J connectivity index is 1.46. The zero-order valence-corrected chi connectivity index (χ0v) is 17.8. The van der Waals surface area contributed by atoms with E-state index < -0.39 is 31.4 Å². The maximum absolute atomic E-state index is 13.2. The van der Waals surface area contributed by atoms with E-state index in [9.17, 15) is 18.0 Å². The lowest BCUT2D eigenvalue weighted by atomic mass is 9.82. The summed E-state index contributed by atoms with van der Waals surface area (Å²) in [6, 6.07) is 13.6. The highest BCUT2D eigenvalue weighted by Crippen LogP contribution is 2.42. The van der Waals surface area contributed by atoms with Crippen molar-refractivity contribution in [1.82, 2.24) is 4.90 Å². The molecule has 2 saturated heterocycles. The van der Waals surface area contributed by atoms with E-state index in [2.05, 4.69) is 4.74 Å². The van der Waals surface area contributed by atoms with Gasteiger partial charge in [0.15, 0.2) is 11.5 Å². The first-order chi connectivity index (χ1) is 16.5. The van der Waals surface area contributed by atoms with Crippen LogP contribution in [0.5, 0.6) is 11.5 Å². The molecule has 2 aromatic rings. The van der Waals surface area contributed by atoms with Gasteiger partial charge in [0.25, 0.3) is 5.91 Å². The second-order valence-corrected chi connectivity index (χ2v) is 7.56. The predicted octanol–water partition coefficient (Wildman–Crippen LogP) is 3.72. The molecule has 1 amide bonds. The first kappa shape index (κ1) is 20.8. The largest absolute Gasteiger partial charge is 0.522 e. The third-order valence-corrected chi connectivity index (χ3v) is 5.64. The number of carbonyl (C=O) groups is 1. The Kier molecular flexibility index (Phi) is 6.03. The molecular weight excluding hydrogens is 443 g/mol. The number of benzene rings is 2. The summed E-state index contributed by atoms with van der Waals surface area (Å²) >= 11 is 0. The van der Waals surface area contributed by atoms with E-state index in [1.54, 1.807) is 4.90 Å². The van der Waals surface area contributed by atoms with Crippen molar-refractivity contribution < 1.29 is 44.4 Å². The van der Waals surface area contributed by atoms with Crippen LogP contribution < -0.4 is 9.47 Å². The molecule has 2 heterocycles. The number of carbonyl (C=O) groups excluding carboxylic acids is 1. The molecule has 0 saturated carbocycles. The lowest BCUT2D eigenvalue weighted by Crippen LogP contribution is -2.53. The average molecular weight is 469 g/mol. The van der Waals surface area contributed by atoms with E-state index in [1.807, 2.05) is 30.3 Å². The number of halogens is 3. The van der Waals surface area contributed by atoms with Crippen LogP contribution in [-0.4, -0.2) is 63.4 Å². The van der Waals surface area contributed by atoms with Crippen LogP contribution in [0.25, 0.3) is 0 Å². The van der Waals surface area contributed by atoms with Crippen molar-refractivity contribution in [1.29, 1.82) is 0 Å². The maximum Gasteiger partial charge on any atom is 0.522 e. The fourth-order valence-electron chi connectivity index (χ4n) is 4.01. The van der Waals surface area contributed by atoms with Gasteiger partial charge >= 0.3 is 6.36 Å². The molecule has 0 unspecified atom stereocenters. The molecule has 0 aliphatic carbocycles. The highest BCUT2D eigenvalue weighted by Gasteiger charge is 2.51. The fourth-order valence-corrected chi connectivity index (χ4v) is 4.01. The maximum atomic E-state index is 13.2. The van der Waals surface area contributed by atoms with E-state index in [4.69, 9.17) is 21.7 Å².